The molecule has 3 rings (SSSR count). The van der Waals surface area contributed by atoms with Crippen molar-refractivity contribution in [3.05, 3.63) is 54.6 Å². The average molecular weight is 340 g/mol. The van der Waals surface area contributed by atoms with Crippen LogP contribution in [0.5, 0.6) is 17.2 Å². The lowest BCUT2D eigenvalue weighted by molar-refractivity contribution is -0.132. The van der Waals surface area contributed by atoms with Gasteiger partial charge in [0.05, 0.1) is 5.92 Å². The molecular weight excluding hydrogens is 320 g/mol. The molecule has 2 amide bonds. The first kappa shape index (κ1) is 16.8. The van der Waals surface area contributed by atoms with Crippen LogP contribution in [0.25, 0.3) is 0 Å². The second-order valence-corrected chi connectivity index (χ2v) is 5.90. The van der Waals surface area contributed by atoms with Crippen LogP contribution < -0.4 is 15.2 Å². The molecule has 0 radical (unpaired) electrons. The van der Waals surface area contributed by atoms with Crippen LogP contribution >= 0.6 is 0 Å². The molecule has 1 atom stereocenters. The molecule has 1 aliphatic heterocycles. The molecule has 2 aromatic carbocycles. The van der Waals surface area contributed by atoms with Gasteiger partial charge >= 0.3 is 0 Å². The standard InChI is InChI=1S/C19H20N2O4/c20-19(23)14-10-11-21(12-14)18(22)13-24-15-6-8-17(9-7-15)25-16-4-2-1-3-5-16/h1-9,14H,10-13H2,(H2,20,23). The minimum Gasteiger partial charge on any atom is -0.484 e. The molecule has 130 valence electrons. The largest absolute Gasteiger partial charge is 0.484 e. The maximum Gasteiger partial charge on any atom is 0.260 e. The number of nitrogens with two attached hydrogens (primary N) is 1. The number of nitrogens with zero attached hydrogens (tertiary/aromatic N) is 1. The number of hydrogen-bond acceptors (Lipinski definition) is 4. The highest BCUT2D eigenvalue weighted by Crippen LogP contribution is 2.23. The molecule has 2 N–H and O–H groups in total. The van der Waals surface area contributed by atoms with E-state index in [2.05, 4.69) is 0 Å². The van der Waals surface area contributed by atoms with Crippen molar-refractivity contribution in [1.82, 2.24) is 4.90 Å². The molecule has 1 unspecified atom stereocenters. The normalized spacial score (nSPS) is 16.5. The third kappa shape index (κ3) is 4.50. The molecule has 0 aliphatic carbocycles. The van der Waals surface area contributed by atoms with E-state index < -0.39 is 0 Å². The number of likely N-dealkylation sites (tertiary alicyclic amines) is 1. The predicted octanol–water partition coefficient (Wildman–Crippen LogP) is 2.19. The van der Waals surface area contributed by atoms with Crippen molar-refractivity contribution in [3.8, 4) is 17.2 Å². The van der Waals surface area contributed by atoms with Gasteiger partial charge in [-0.15, -0.1) is 0 Å². The van der Waals surface area contributed by atoms with Crippen molar-refractivity contribution in [2.24, 2.45) is 11.7 Å². The Hall–Kier alpha value is -3.02. The second kappa shape index (κ2) is 7.70. The van der Waals surface area contributed by atoms with E-state index in [1.54, 1.807) is 29.2 Å². The minimum atomic E-state index is -0.356. The van der Waals surface area contributed by atoms with Crippen LogP contribution in [-0.2, 0) is 9.59 Å². The van der Waals surface area contributed by atoms with Gasteiger partial charge in [-0.05, 0) is 42.8 Å². The van der Waals surface area contributed by atoms with Gasteiger partial charge in [0.25, 0.3) is 5.91 Å². The van der Waals surface area contributed by atoms with Crippen molar-refractivity contribution in [2.75, 3.05) is 19.7 Å². The maximum absolute atomic E-state index is 12.1. The zero-order valence-electron chi connectivity index (χ0n) is 13.8. The number of amides is 2. The smallest absolute Gasteiger partial charge is 0.260 e. The summed E-state index contributed by atoms with van der Waals surface area (Å²) in [6, 6.07) is 16.5. The average Bonchev–Trinajstić information content (AvgIpc) is 3.12. The fraction of sp³-hybridized carbons (Fsp3) is 0.263. The minimum absolute atomic E-state index is 0.0651. The summed E-state index contributed by atoms with van der Waals surface area (Å²) in [7, 11) is 0. The quantitative estimate of drug-likeness (QED) is 0.874. The van der Waals surface area contributed by atoms with Crippen molar-refractivity contribution in [1.29, 1.82) is 0 Å². The van der Waals surface area contributed by atoms with Gasteiger partial charge in [-0.2, -0.15) is 0 Å². The highest BCUT2D eigenvalue weighted by atomic mass is 16.5. The zero-order chi connectivity index (χ0) is 17.6. The van der Waals surface area contributed by atoms with Crippen LogP contribution in [0, 0.1) is 5.92 Å². The van der Waals surface area contributed by atoms with Crippen molar-refractivity contribution in [3.63, 3.8) is 0 Å². The topological polar surface area (TPSA) is 81.9 Å². The maximum atomic E-state index is 12.1. The Morgan fingerprint density at radius 1 is 1.00 bits per heavy atom. The number of carbonyl (C=O) groups is 2. The lowest BCUT2D eigenvalue weighted by Crippen LogP contribution is -2.34. The molecule has 1 heterocycles. The van der Waals surface area contributed by atoms with E-state index in [1.807, 2.05) is 30.3 Å². The molecule has 2 aromatic rings. The number of hydrogen-bond donors (Lipinski definition) is 1. The first-order valence-corrected chi connectivity index (χ1v) is 8.14. The summed E-state index contributed by atoms with van der Waals surface area (Å²) in [6.45, 7) is 0.853. The summed E-state index contributed by atoms with van der Waals surface area (Å²) in [6.07, 6.45) is 0.618. The fourth-order valence-corrected chi connectivity index (χ4v) is 2.68. The monoisotopic (exact) mass is 340 g/mol. The van der Waals surface area contributed by atoms with Gasteiger partial charge in [0.15, 0.2) is 6.61 Å². The molecule has 0 saturated carbocycles. The lowest BCUT2D eigenvalue weighted by Gasteiger charge is -2.16. The number of rotatable bonds is 6. The van der Waals surface area contributed by atoms with Crippen LogP contribution in [-0.4, -0.2) is 36.4 Å². The van der Waals surface area contributed by atoms with Crippen LogP contribution in [0.15, 0.2) is 54.6 Å². The van der Waals surface area contributed by atoms with Crippen LogP contribution in [0.2, 0.25) is 0 Å². The number of carbonyl (C=O) groups excluding carboxylic acids is 2. The summed E-state index contributed by atoms with van der Waals surface area (Å²) in [5, 5.41) is 0. The fourth-order valence-electron chi connectivity index (χ4n) is 2.68. The van der Waals surface area contributed by atoms with Gasteiger partial charge in [-0.25, -0.2) is 0 Å². The Bertz CT molecular complexity index is 731. The van der Waals surface area contributed by atoms with Crippen molar-refractivity contribution < 1.29 is 19.1 Å². The Morgan fingerprint density at radius 3 is 2.28 bits per heavy atom. The van der Waals surface area contributed by atoms with E-state index in [-0.39, 0.29) is 24.3 Å². The molecule has 6 heteroatoms. The highest BCUT2D eigenvalue weighted by Gasteiger charge is 2.29. The molecular formula is C19H20N2O4. The van der Waals surface area contributed by atoms with Gasteiger partial charge in [-0.1, -0.05) is 18.2 Å². The SMILES string of the molecule is NC(=O)C1CCN(C(=O)COc2ccc(Oc3ccccc3)cc2)C1. The Labute approximate surface area is 146 Å². The molecule has 0 aromatic heterocycles. The number of benzene rings is 2. The van der Waals surface area contributed by atoms with E-state index >= 15 is 0 Å². The van der Waals surface area contributed by atoms with E-state index in [0.29, 0.717) is 31.0 Å². The first-order chi connectivity index (χ1) is 12.1. The van der Waals surface area contributed by atoms with Crippen LogP contribution in [0.3, 0.4) is 0 Å². The van der Waals surface area contributed by atoms with E-state index in [1.165, 1.54) is 0 Å². The first-order valence-electron chi connectivity index (χ1n) is 8.14. The van der Waals surface area contributed by atoms with E-state index in [9.17, 15) is 9.59 Å². The van der Waals surface area contributed by atoms with E-state index in [4.69, 9.17) is 15.2 Å². The summed E-state index contributed by atoms with van der Waals surface area (Å²) in [4.78, 5) is 24.9. The molecule has 1 saturated heterocycles. The molecule has 0 bridgehead atoms. The Balaban J connectivity index is 1.49. The van der Waals surface area contributed by atoms with E-state index in [0.717, 1.165) is 5.75 Å². The van der Waals surface area contributed by atoms with Gasteiger partial charge in [0.2, 0.25) is 5.91 Å². The second-order valence-electron chi connectivity index (χ2n) is 5.90. The molecule has 1 fully saturated rings. The van der Waals surface area contributed by atoms with Gasteiger partial charge in [0, 0.05) is 13.1 Å². The van der Waals surface area contributed by atoms with Crippen molar-refractivity contribution in [2.45, 2.75) is 6.42 Å². The third-order valence-electron chi connectivity index (χ3n) is 4.11. The molecule has 6 nitrogen and oxygen atoms in total. The summed E-state index contributed by atoms with van der Waals surface area (Å²) in [5.74, 6) is 1.27. The van der Waals surface area contributed by atoms with Crippen molar-refractivity contribution >= 4 is 11.8 Å². The number of ether oxygens (including phenoxy) is 2. The van der Waals surface area contributed by atoms with Gasteiger partial charge in [0.1, 0.15) is 17.2 Å². The lowest BCUT2D eigenvalue weighted by atomic mass is 10.1. The Morgan fingerprint density at radius 2 is 1.64 bits per heavy atom. The third-order valence-corrected chi connectivity index (χ3v) is 4.11. The van der Waals surface area contributed by atoms with Crippen LogP contribution in [0.1, 0.15) is 6.42 Å². The summed E-state index contributed by atoms with van der Waals surface area (Å²) in [5.41, 5.74) is 5.27. The Kier molecular flexibility index (Phi) is 5.18. The number of primary amides is 1. The predicted molar refractivity (Wildman–Crippen MR) is 92.3 cm³/mol. The van der Waals surface area contributed by atoms with Gasteiger partial charge in [-0.3, -0.25) is 9.59 Å². The number of para-hydroxylation sites is 1. The summed E-state index contributed by atoms with van der Waals surface area (Å²) < 4.78 is 11.2. The zero-order valence-corrected chi connectivity index (χ0v) is 13.8. The van der Waals surface area contributed by atoms with Crippen LogP contribution in [0.4, 0.5) is 0 Å². The summed E-state index contributed by atoms with van der Waals surface area (Å²) >= 11 is 0. The van der Waals surface area contributed by atoms with Gasteiger partial charge < -0.3 is 20.1 Å². The highest BCUT2D eigenvalue weighted by molar-refractivity contribution is 5.81. The molecule has 1 aliphatic rings. The molecule has 25 heavy (non-hydrogen) atoms. The molecule has 0 spiro atoms.